The van der Waals surface area contributed by atoms with Gasteiger partial charge < -0.3 is 21.7 Å². The molecule has 35 heavy (non-hydrogen) atoms. The summed E-state index contributed by atoms with van der Waals surface area (Å²) in [5, 5.41) is 8.67. The van der Waals surface area contributed by atoms with Crippen molar-refractivity contribution < 1.29 is 14.4 Å². The summed E-state index contributed by atoms with van der Waals surface area (Å²) in [5.74, 6) is -0.525. The summed E-state index contributed by atoms with van der Waals surface area (Å²) < 4.78 is 0. The highest BCUT2D eigenvalue weighted by Gasteiger charge is 2.26. The van der Waals surface area contributed by atoms with Crippen molar-refractivity contribution in [3.63, 3.8) is 0 Å². The first-order valence-electron chi connectivity index (χ1n) is 14.6. The van der Waals surface area contributed by atoms with Crippen molar-refractivity contribution in [1.29, 1.82) is 0 Å². The lowest BCUT2D eigenvalue weighted by Gasteiger charge is -2.23. The summed E-state index contributed by atoms with van der Waals surface area (Å²) in [5.41, 5.74) is 5.51. The molecular weight excluding hydrogens is 440 g/mol. The number of amides is 3. The fourth-order valence-corrected chi connectivity index (χ4v) is 4.17. The second-order valence-corrected chi connectivity index (χ2v) is 9.83. The van der Waals surface area contributed by atoms with Gasteiger partial charge in [-0.1, -0.05) is 111 Å². The van der Waals surface area contributed by atoms with Crippen molar-refractivity contribution in [2.75, 3.05) is 13.1 Å². The second-order valence-electron chi connectivity index (χ2n) is 9.83. The molecule has 0 saturated carbocycles. The van der Waals surface area contributed by atoms with Crippen LogP contribution in [0.25, 0.3) is 0 Å². The molecule has 5 N–H and O–H groups in total. The maximum absolute atomic E-state index is 13.1. The monoisotopic (exact) mass is 496 g/mol. The molecule has 0 rings (SSSR count). The van der Waals surface area contributed by atoms with Crippen LogP contribution in [0.1, 0.15) is 136 Å². The van der Waals surface area contributed by atoms with E-state index in [0.29, 0.717) is 32.4 Å². The molecule has 0 aromatic rings. The molecule has 0 bridgehead atoms. The van der Waals surface area contributed by atoms with E-state index in [0.717, 1.165) is 51.4 Å². The fraction of sp³-hybridized carbons (Fsp3) is 0.893. The van der Waals surface area contributed by atoms with Crippen LogP contribution in [-0.2, 0) is 14.4 Å². The van der Waals surface area contributed by atoms with Crippen molar-refractivity contribution in [2.24, 2.45) is 5.73 Å². The van der Waals surface area contributed by atoms with E-state index in [-0.39, 0.29) is 17.7 Å². The summed E-state index contributed by atoms with van der Waals surface area (Å²) in [6, 6.07) is -1.19. The maximum Gasteiger partial charge on any atom is 0.243 e. The lowest BCUT2D eigenvalue weighted by Crippen LogP contribution is -2.54. The Kier molecular flexibility index (Phi) is 23.0. The van der Waals surface area contributed by atoms with E-state index in [1.807, 2.05) is 0 Å². The highest BCUT2D eigenvalue weighted by Crippen LogP contribution is 2.12. The molecule has 0 fully saturated rings. The number of carbonyl (C=O) groups is 3. The first-order valence-corrected chi connectivity index (χ1v) is 14.6. The molecule has 7 nitrogen and oxygen atoms in total. The zero-order valence-corrected chi connectivity index (χ0v) is 23.1. The molecule has 0 heterocycles. The number of hydrogen-bond acceptors (Lipinski definition) is 4. The topological polar surface area (TPSA) is 113 Å². The number of rotatable bonds is 24. The molecule has 2 atom stereocenters. The largest absolute Gasteiger partial charge is 0.353 e. The minimum atomic E-state index is -0.596. The van der Waals surface area contributed by atoms with Crippen LogP contribution in [0.3, 0.4) is 0 Å². The molecule has 0 saturated heterocycles. The van der Waals surface area contributed by atoms with Gasteiger partial charge in [-0.15, -0.1) is 0 Å². The molecule has 0 radical (unpaired) electrons. The highest BCUT2D eigenvalue weighted by atomic mass is 16.2. The van der Waals surface area contributed by atoms with Crippen LogP contribution >= 0.6 is 0 Å². The quantitative estimate of drug-likeness (QED) is 0.139. The van der Waals surface area contributed by atoms with Gasteiger partial charge in [0.15, 0.2) is 0 Å². The van der Waals surface area contributed by atoms with Crippen molar-refractivity contribution in [3.05, 3.63) is 0 Å². The van der Waals surface area contributed by atoms with Crippen molar-refractivity contribution in [1.82, 2.24) is 16.0 Å². The van der Waals surface area contributed by atoms with Crippen LogP contribution in [-0.4, -0.2) is 42.9 Å². The Morgan fingerprint density at radius 1 is 0.600 bits per heavy atom. The van der Waals surface area contributed by atoms with Crippen LogP contribution < -0.4 is 21.7 Å². The standard InChI is InChI=1S/C28H56N4O3/c1-4-7-10-12-14-16-18-21-26(33)31-25(20-17-15-13-11-8-5-2)28(35)32-24(19-9-6-3)27(34)30-23-22-29/h24-25H,4-23,29H2,1-3H3,(H,30,34)(H,31,33)(H,32,35). The summed E-state index contributed by atoms with van der Waals surface area (Å²) in [6.45, 7) is 7.20. The first-order chi connectivity index (χ1) is 17.0. The number of nitrogens with one attached hydrogen (secondary N) is 3. The van der Waals surface area contributed by atoms with Crippen LogP contribution in [0.15, 0.2) is 0 Å². The van der Waals surface area contributed by atoms with Gasteiger partial charge in [-0.3, -0.25) is 14.4 Å². The number of carbonyl (C=O) groups excluding carboxylic acids is 3. The smallest absolute Gasteiger partial charge is 0.243 e. The normalized spacial score (nSPS) is 12.7. The van der Waals surface area contributed by atoms with Crippen LogP contribution in [0.4, 0.5) is 0 Å². The highest BCUT2D eigenvalue weighted by molar-refractivity contribution is 5.92. The van der Waals surface area contributed by atoms with Gasteiger partial charge in [0.25, 0.3) is 0 Å². The second kappa shape index (κ2) is 24.1. The number of unbranched alkanes of at least 4 members (excludes halogenated alkanes) is 12. The molecule has 0 aromatic heterocycles. The Morgan fingerprint density at radius 2 is 1.09 bits per heavy atom. The van der Waals surface area contributed by atoms with E-state index in [2.05, 4.69) is 36.7 Å². The van der Waals surface area contributed by atoms with Crippen LogP contribution in [0.2, 0.25) is 0 Å². The Balaban J connectivity index is 4.84. The van der Waals surface area contributed by atoms with Crippen molar-refractivity contribution >= 4 is 17.7 Å². The van der Waals surface area contributed by atoms with Gasteiger partial charge in [-0.05, 0) is 19.3 Å². The Bertz CT molecular complexity index is 542. The van der Waals surface area contributed by atoms with Gasteiger partial charge >= 0.3 is 0 Å². The average molecular weight is 497 g/mol. The first kappa shape index (κ1) is 33.4. The van der Waals surface area contributed by atoms with Crippen LogP contribution in [0.5, 0.6) is 0 Å². The minimum Gasteiger partial charge on any atom is -0.353 e. The number of nitrogens with two attached hydrogens (primary N) is 1. The summed E-state index contributed by atoms with van der Waals surface area (Å²) in [7, 11) is 0. The molecular formula is C28H56N4O3. The lowest BCUT2D eigenvalue weighted by molar-refractivity contribution is -0.132. The van der Waals surface area contributed by atoms with E-state index >= 15 is 0 Å². The molecule has 3 amide bonds. The molecule has 0 aliphatic rings. The predicted octanol–water partition coefficient (Wildman–Crippen LogP) is 5.11. The minimum absolute atomic E-state index is 0.0672. The molecule has 0 aromatic carbocycles. The molecule has 0 aliphatic heterocycles. The summed E-state index contributed by atoms with van der Waals surface area (Å²) in [4.78, 5) is 38.3. The Labute approximate surface area is 215 Å². The molecule has 0 spiro atoms. The average Bonchev–Trinajstić information content (AvgIpc) is 2.85. The Morgan fingerprint density at radius 3 is 1.66 bits per heavy atom. The predicted molar refractivity (Wildman–Crippen MR) is 146 cm³/mol. The summed E-state index contributed by atoms with van der Waals surface area (Å²) in [6.07, 6.45) is 18.2. The van der Waals surface area contributed by atoms with Gasteiger partial charge in [0.2, 0.25) is 17.7 Å². The van der Waals surface area contributed by atoms with E-state index in [9.17, 15) is 14.4 Å². The molecule has 206 valence electrons. The summed E-state index contributed by atoms with van der Waals surface area (Å²) >= 11 is 0. The zero-order chi connectivity index (χ0) is 26.2. The molecule has 0 aliphatic carbocycles. The van der Waals surface area contributed by atoms with Gasteiger partial charge in [-0.25, -0.2) is 0 Å². The third-order valence-electron chi connectivity index (χ3n) is 6.43. The fourth-order valence-electron chi connectivity index (χ4n) is 4.17. The lowest BCUT2D eigenvalue weighted by atomic mass is 10.0. The van der Waals surface area contributed by atoms with Crippen molar-refractivity contribution in [3.8, 4) is 0 Å². The third kappa shape index (κ3) is 19.3. The van der Waals surface area contributed by atoms with E-state index in [1.165, 1.54) is 44.9 Å². The SMILES string of the molecule is CCCCCCCCCC(=O)NC(CCCCCCCC)C(=O)NC(CCCC)C(=O)NCCN. The van der Waals surface area contributed by atoms with Gasteiger partial charge in [0, 0.05) is 19.5 Å². The zero-order valence-electron chi connectivity index (χ0n) is 23.1. The van der Waals surface area contributed by atoms with Gasteiger partial charge in [-0.2, -0.15) is 0 Å². The molecule has 2 unspecified atom stereocenters. The van der Waals surface area contributed by atoms with E-state index in [1.54, 1.807) is 0 Å². The number of hydrogen-bond donors (Lipinski definition) is 4. The van der Waals surface area contributed by atoms with Gasteiger partial charge in [0.1, 0.15) is 12.1 Å². The third-order valence-corrected chi connectivity index (χ3v) is 6.43. The van der Waals surface area contributed by atoms with Gasteiger partial charge in [0.05, 0.1) is 0 Å². The maximum atomic E-state index is 13.1. The van der Waals surface area contributed by atoms with Crippen LogP contribution in [0, 0.1) is 0 Å². The van der Waals surface area contributed by atoms with E-state index < -0.39 is 12.1 Å². The Hall–Kier alpha value is -1.63. The van der Waals surface area contributed by atoms with E-state index in [4.69, 9.17) is 5.73 Å². The van der Waals surface area contributed by atoms with Crippen molar-refractivity contribution in [2.45, 2.75) is 148 Å². The molecule has 7 heteroatoms.